The number of hydrogen-bond donors (Lipinski definition) is 2. The van der Waals surface area contributed by atoms with Crippen LogP contribution in [-0.2, 0) is 16.1 Å². The van der Waals surface area contributed by atoms with E-state index in [4.69, 9.17) is 4.74 Å². The van der Waals surface area contributed by atoms with Crippen molar-refractivity contribution in [3.8, 4) is 0 Å². The molecule has 0 atom stereocenters. The maximum Gasteiger partial charge on any atom is 0.221 e. The number of carbonyl (C=O) groups is 1. The summed E-state index contributed by atoms with van der Waals surface area (Å²) in [6.07, 6.45) is 0. The summed E-state index contributed by atoms with van der Waals surface area (Å²) in [7, 11) is 0. The molecule has 0 heterocycles. The molecular weight excluding hydrogens is 240 g/mol. The van der Waals surface area contributed by atoms with Crippen LogP contribution in [0.4, 0.5) is 5.69 Å². The summed E-state index contributed by atoms with van der Waals surface area (Å²) in [6.45, 7) is 8.82. The number of nitrogens with one attached hydrogen (secondary N) is 2. The lowest BCUT2D eigenvalue weighted by Gasteiger charge is -2.11. The summed E-state index contributed by atoms with van der Waals surface area (Å²) in [4.78, 5) is 11.1. The molecule has 1 rings (SSSR count). The van der Waals surface area contributed by atoms with Crippen LogP contribution in [0.3, 0.4) is 0 Å². The van der Waals surface area contributed by atoms with Crippen LogP contribution in [-0.4, -0.2) is 25.7 Å². The Kier molecular flexibility index (Phi) is 7.15. The summed E-state index contributed by atoms with van der Waals surface area (Å²) >= 11 is 0. The van der Waals surface area contributed by atoms with Crippen LogP contribution in [0.25, 0.3) is 0 Å². The second kappa shape index (κ2) is 8.67. The number of anilines is 1. The minimum Gasteiger partial charge on any atom is -0.380 e. The van der Waals surface area contributed by atoms with Crippen molar-refractivity contribution in [2.75, 3.05) is 25.1 Å². The maximum absolute atomic E-state index is 11.1. The molecule has 19 heavy (non-hydrogen) atoms. The van der Waals surface area contributed by atoms with Crippen LogP contribution in [0, 0.1) is 5.92 Å². The van der Waals surface area contributed by atoms with E-state index in [0.717, 1.165) is 30.9 Å². The molecule has 0 aliphatic heterocycles. The first kappa shape index (κ1) is 15.7. The van der Waals surface area contributed by atoms with Crippen molar-refractivity contribution in [3.05, 3.63) is 29.8 Å². The van der Waals surface area contributed by atoms with Gasteiger partial charge in [0.1, 0.15) is 0 Å². The molecule has 0 radical (unpaired) electrons. The first-order valence-corrected chi connectivity index (χ1v) is 6.73. The summed E-state index contributed by atoms with van der Waals surface area (Å²) in [6, 6.07) is 7.80. The molecule has 0 aliphatic carbocycles. The second-order valence-corrected chi connectivity index (χ2v) is 4.98. The minimum atomic E-state index is -0.0484. The van der Waals surface area contributed by atoms with Gasteiger partial charge < -0.3 is 15.4 Å². The lowest BCUT2D eigenvalue weighted by atomic mass is 10.1. The first-order valence-electron chi connectivity index (χ1n) is 6.73. The van der Waals surface area contributed by atoms with Crippen molar-refractivity contribution in [2.24, 2.45) is 5.92 Å². The molecule has 0 saturated heterocycles. The summed E-state index contributed by atoms with van der Waals surface area (Å²) in [5.41, 5.74) is 1.95. The van der Waals surface area contributed by atoms with E-state index in [2.05, 4.69) is 24.5 Å². The van der Waals surface area contributed by atoms with Gasteiger partial charge in [-0.3, -0.25) is 4.79 Å². The Morgan fingerprint density at radius 2 is 2.05 bits per heavy atom. The highest BCUT2D eigenvalue weighted by Gasteiger charge is 2.02. The topological polar surface area (TPSA) is 50.4 Å². The van der Waals surface area contributed by atoms with Crippen LogP contribution in [0.1, 0.15) is 26.3 Å². The summed E-state index contributed by atoms with van der Waals surface area (Å²) in [5, 5.41) is 6.14. The number of para-hydroxylation sites is 1. The van der Waals surface area contributed by atoms with Gasteiger partial charge in [-0.25, -0.2) is 0 Å². The fourth-order valence-corrected chi connectivity index (χ4v) is 1.67. The average Bonchev–Trinajstić information content (AvgIpc) is 2.34. The third kappa shape index (κ3) is 6.94. The van der Waals surface area contributed by atoms with Crippen molar-refractivity contribution in [1.29, 1.82) is 0 Å². The number of ether oxygens (including phenoxy) is 1. The normalized spacial score (nSPS) is 10.7. The third-order valence-corrected chi connectivity index (χ3v) is 2.52. The Labute approximate surface area is 115 Å². The summed E-state index contributed by atoms with van der Waals surface area (Å²) < 4.78 is 5.50. The van der Waals surface area contributed by atoms with E-state index in [-0.39, 0.29) is 5.91 Å². The molecule has 4 nitrogen and oxygen atoms in total. The van der Waals surface area contributed by atoms with Crippen molar-refractivity contribution in [1.82, 2.24) is 5.32 Å². The Morgan fingerprint density at radius 1 is 1.32 bits per heavy atom. The molecule has 0 aromatic heterocycles. The van der Waals surface area contributed by atoms with Gasteiger partial charge in [-0.1, -0.05) is 32.0 Å². The van der Waals surface area contributed by atoms with Gasteiger partial charge >= 0.3 is 0 Å². The fraction of sp³-hybridized carbons (Fsp3) is 0.533. The number of carbonyl (C=O) groups excluding carboxylic acids is 1. The Morgan fingerprint density at radius 3 is 2.74 bits per heavy atom. The second-order valence-electron chi connectivity index (χ2n) is 4.98. The Bertz CT molecular complexity index is 391. The van der Waals surface area contributed by atoms with E-state index in [0.29, 0.717) is 12.5 Å². The predicted molar refractivity (Wildman–Crippen MR) is 78.1 cm³/mol. The van der Waals surface area contributed by atoms with E-state index in [9.17, 15) is 4.79 Å². The average molecular weight is 264 g/mol. The van der Waals surface area contributed by atoms with Gasteiger partial charge in [-0.2, -0.15) is 0 Å². The van der Waals surface area contributed by atoms with Gasteiger partial charge in [0.25, 0.3) is 0 Å². The molecule has 0 spiro atoms. The largest absolute Gasteiger partial charge is 0.380 e. The highest BCUT2D eigenvalue weighted by molar-refractivity contribution is 5.89. The monoisotopic (exact) mass is 264 g/mol. The highest BCUT2D eigenvalue weighted by atomic mass is 16.5. The maximum atomic E-state index is 11.1. The number of rotatable bonds is 8. The molecule has 1 amide bonds. The number of amides is 1. The standard InChI is InChI=1S/C15H24N2O2/c1-12(2)11-19-9-8-16-10-14-6-4-5-7-15(14)17-13(3)18/h4-7,12,16H,8-11H2,1-3H3,(H,17,18). The van der Waals surface area contributed by atoms with Gasteiger partial charge in [-0.15, -0.1) is 0 Å². The molecule has 0 saturated carbocycles. The lowest BCUT2D eigenvalue weighted by Crippen LogP contribution is -2.21. The fourth-order valence-electron chi connectivity index (χ4n) is 1.67. The molecule has 0 fully saturated rings. The van der Waals surface area contributed by atoms with E-state index >= 15 is 0 Å². The molecule has 0 aliphatic rings. The van der Waals surface area contributed by atoms with Crippen molar-refractivity contribution < 1.29 is 9.53 Å². The molecule has 4 heteroatoms. The number of benzene rings is 1. The van der Waals surface area contributed by atoms with E-state index in [1.54, 1.807) is 0 Å². The van der Waals surface area contributed by atoms with Crippen molar-refractivity contribution in [2.45, 2.75) is 27.3 Å². The first-order chi connectivity index (χ1) is 9.09. The van der Waals surface area contributed by atoms with E-state index in [1.165, 1.54) is 6.92 Å². The molecular formula is C15H24N2O2. The molecule has 2 N–H and O–H groups in total. The molecule has 1 aromatic rings. The van der Waals surface area contributed by atoms with Gasteiger partial charge in [0.05, 0.1) is 6.61 Å². The third-order valence-electron chi connectivity index (χ3n) is 2.52. The van der Waals surface area contributed by atoms with Crippen LogP contribution in [0.5, 0.6) is 0 Å². The van der Waals surface area contributed by atoms with Crippen molar-refractivity contribution >= 4 is 11.6 Å². The predicted octanol–water partition coefficient (Wildman–Crippen LogP) is 2.41. The quantitative estimate of drug-likeness (QED) is 0.709. The Balaban J connectivity index is 2.30. The minimum absolute atomic E-state index is 0.0484. The van der Waals surface area contributed by atoms with Crippen molar-refractivity contribution in [3.63, 3.8) is 0 Å². The lowest BCUT2D eigenvalue weighted by molar-refractivity contribution is -0.114. The molecule has 0 bridgehead atoms. The van der Waals surface area contributed by atoms with Gasteiger partial charge in [0.2, 0.25) is 5.91 Å². The number of hydrogen-bond acceptors (Lipinski definition) is 3. The zero-order chi connectivity index (χ0) is 14.1. The van der Waals surface area contributed by atoms with Gasteiger partial charge in [-0.05, 0) is 17.5 Å². The van der Waals surface area contributed by atoms with E-state index in [1.807, 2.05) is 24.3 Å². The SMILES string of the molecule is CC(=O)Nc1ccccc1CNCCOCC(C)C. The zero-order valence-electron chi connectivity index (χ0n) is 12.0. The van der Waals surface area contributed by atoms with Crippen LogP contribution < -0.4 is 10.6 Å². The van der Waals surface area contributed by atoms with Crippen LogP contribution >= 0.6 is 0 Å². The zero-order valence-corrected chi connectivity index (χ0v) is 12.0. The molecule has 106 valence electrons. The highest BCUT2D eigenvalue weighted by Crippen LogP contribution is 2.14. The van der Waals surface area contributed by atoms with Gasteiger partial charge in [0.15, 0.2) is 0 Å². The summed E-state index contributed by atoms with van der Waals surface area (Å²) in [5.74, 6) is 0.521. The smallest absolute Gasteiger partial charge is 0.221 e. The Hall–Kier alpha value is -1.39. The van der Waals surface area contributed by atoms with Crippen LogP contribution in [0.2, 0.25) is 0 Å². The van der Waals surface area contributed by atoms with E-state index < -0.39 is 0 Å². The molecule has 1 aromatic carbocycles. The molecule has 0 unspecified atom stereocenters. The van der Waals surface area contributed by atoms with Gasteiger partial charge in [0, 0.05) is 32.3 Å². The van der Waals surface area contributed by atoms with Crippen LogP contribution in [0.15, 0.2) is 24.3 Å².